The molecule has 4 aromatic heterocycles. The van der Waals surface area contributed by atoms with Gasteiger partial charge in [-0.1, -0.05) is 0 Å². The molecule has 15 atom stereocenters. The lowest BCUT2D eigenvalue weighted by atomic mass is 9.98. The molecular weight excluding hydrogens is 844 g/mol. The van der Waals surface area contributed by atoms with Gasteiger partial charge in [-0.15, -0.1) is 0 Å². The average molecular weight is 880 g/mol. The van der Waals surface area contributed by atoms with Crippen LogP contribution in [0.25, 0.3) is 11.2 Å². The van der Waals surface area contributed by atoms with Gasteiger partial charge in [-0.3, -0.25) is 42.3 Å². The Morgan fingerprint density at radius 2 is 1.27 bits per heavy atom. The maximum atomic E-state index is 13.4. The number of aliphatic hydroxyl groups is 6. The third-order valence-electron chi connectivity index (χ3n) is 9.57. The van der Waals surface area contributed by atoms with Gasteiger partial charge in [-0.25, -0.2) is 33.7 Å². The lowest BCUT2D eigenvalue weighted by Crippen LogP contribution is -2.43. The number of aromatic nitrogens is 8. The minimum atomic E-state index is -5.94. The highest BCUT2D eigenvalue weighted by molar-refractivity contribution is 7.61. The van der Waals surface area contributed by atoms with E-state index in [9.17, 15) is 68.7 Å². The van der Waals surface area contributed by atoms with E-state index in [1.807, 2.05) is 9.97 Å². The van der Waals surface area contributed by atoms with Gasteiger partial charge in [-0.2, -0.15) is 4.31 Å². The number of fused-ring (bicyclic) bond motifs is 1. The molecular formula is C28H35N9O20P2. The second-order valence-electron chi connectivity index (χ2n) is 13.4. The van der Waals surface area contributed by atoms with E-state index in [4.69, 9.17) is 29.0 Å². The predicted molar refractivity (Wildman–Crippen MR) is 186 cm³/mol. The highest BCUT2D eigenvalue weighted by atomic mass is 31.3. The van der Waals surface area contributed by atoms with Crippen LogP contribution in [0.5, 0.6) is 0 Å². The van der Waals surface area contributed by atoms with Crippen LogP contribution in [0.15, 0.2) is 56.4 Å². The highest BCUT2D eigenvalue weighted by Crippen LogP contribution is 2.62. The zero-order valence-electron chi connectivity index (χ0n) is 29.5. The van der Waals surface area contributed by atoms with Crippen LogP contribution in [0.1, 0.15) is 25.1 Å². The molecule has 7 heterocycles. The summed E-state index contributed by atoms with van der Waals surface area (Å²) in [6, 6.07) is 1.76. The SMILES string of the molecule is Nc1ncnc2c1ncn2[C@@H]1O[C@H](COP(=O)(O)OP(=O)(O)OC(C[C@H]2O[C@@H](n3ccc(=O)[nH]c3=O)[C@H](O)[C@@H]2O)[C@H]2O[C@@H](n3ccc(=O)[nH]c3=O)[C@H](O)[C@@H]2O)[C@@H](O)[C@H]1O. The summed E-state index contributed by atoms with van der Waals surface area (Å²) in [5, 5.41) is 64.9. The summed E-state index contributed by atoms with van der Waals surface area (Å²) in [4.78, 5) is 85.0. The number of phosphoric acid groups is 2. The minimum absolute atomic E-state index is 0.0106. The summed E-state index contributed by atoms with van der Waals surface area (Å²) in [6.07, 6.45) is -20.7. The molecule has 29 nitrogen and oxygen atoms in total. The molecule has 0 aliphatic carbocycles. The third kappa shape index (κ3) is 8.50. The first-order valence-corrected chi connectivity index (χ1v) is 20.0. The Hall–Kier alpha value is -4.39. The lowest BCUT2D eigenvalue weighted by molar-refractivity contribution is -0.107. The second-order valence-corrected chi connectivity index (χ2v) is 16.4. The van der Waals surface area contributed by atoms with E-state index in [-0.39, 0.29) is 17.0 Å². The fourth-order valence-corrected chi connectivity index (χ4v) is 9.03. The molecule has 322 valence electrons. The van der Waals surface area contributed by atoms with Crippen LogP contribution in [0, 0.1) is 0 Å². The fourth-order valence-electron chi connectivity index (χ4n) is 6.76. The number of phosphoric ester groups is 2. The van der Waals surface area contributed by atoms with Crippen molar-refractivity contribution in [3.63, 3.8) is 0 Å². The first-order chi connectivity index (χ1) is 27.7. The summed E-state index contributed by atoms with van der Waals surface area (Å²) in [5.74, 6) is -0.0106. The van der Waals surface area contributed by atoms with Crippen molar-refractivity contribution in [3.8, 4) is 0 Å². The van der Waals surface area contributed by atoms with E-state index < -0.39 is 131 Å². The van der Waals surface area contributed by atoms with Crippen LogP contribution >= 0.6 is 15.6 Å². The largest absolute Gasteiger partial charge is 0.481 e. The Kier molecular flexibility index (Phi) is 11.8. The summed E-state index contributed by atoms with van der Waals surface area (Å²) >= 11 is 0. The van der Waals surface area contributed by atoms with Gasteiger partial charge in [0.1, 0.15) is 66.8 Å². The normalized spacial score (nSPS) is 33.6. The van der Waals surface area contributed by atoms with Crippen molar-refractivity contribution in [1.82, 2.24) is 38.6 Å². The van der Waals surface area contributed by atoms with Crippen LogP contribution in [0.3, 0.4) is 0 Å². The Morgan fingerprint density at radius 1 is 0.729 bits per heavy atom. The first kappa shape index (κ1) is 42.7. The number of nitrogens with two attached hydrogens (primary N) is 1. The molecule has 59 heavy (non-hydrogen) atoms. The van der Waals surface area contributed by atoms with Crippen LogP contribution in [-0.2, 0) is 36.7 Å². The summed E-state index contributed by atoms with van der Waals surface area (Å²) in [5.41, 5.74) is 2.15. The molecule has 0 spiro atoms. The Bertz CT molecular complexity index is 2530. The molecule has 7 rings (SSSR count). The van der Waals surface area contributed by atoms with Gasteiger partial charge in [0, 0.05) is 30.9 Å². The number of nitrogens with one attached hydrogen (secondary N) is 2. The Morgan fingerprint density at radius 3 is 1.88 bits per heavy atom. The van der Waals surface area contributed by atoms with Crippen LogP contribution < -0.4 is 28.2 Å². The molecule has 4 aromatic rings. The van der Waals surface area contributed by atoms with Crippen LogP contribution in [0.4, 0.5) is 5.82 Å². The molecule has 0 saturated carbocycles. The smallest absolute Gasteiger partial charge is 0.388 e. The second kappa shape index (κ2) is 16.2. The number of aromatic amines is 2. The molecule has 0 aromatic carbocycles. The van der Waals surface area contributed by atoms with Gasteiger partial charge in [0.2, 0.25) is 0 Å². The summed E-state index contributed by atoms with van der Waals surface area (Å²) in [7, 11) is -11.7. The number of anilines is 1. The molecule has 0 radical (unpaired) electrons. The zero-order chi connectivity index (χ0) is 42.7. The molecule has 0 bridgehead atoms. The molecule has 3 unspecified atom stereocenters. The molecule has 12 N–H and O–H groups in total. The molecule has 3 aliphatic rings. The van der Waals surface area contributed by atoms with Gasteiger partial charge in [0.05, 0.1) is 19.0 Å². The van der Waals surface area contributed by atoms with Crippen molar-refractivity contribution in [2.75, 3.05) is 12.3 Å². The van der Waals surface area contributed by atoms with Gasteiger partial charge >= 0.3 is 27.0 Å². The van der Waals surface area contributed by atoms with Crippen molar-refractivity contribution in [1.29, 1.82) is 0 Å². The number of nitrogens with zero attached hydrogens (tertiary/aromatic N) is 6. The van der Waals surface area contributed by atoms with Crippen molar-refractivity contribution in [2.24, 2.45) is 0 Å². The predicted octanol–water partition coefficient (Wildman–Crippen LogP) is -5.62. The summed E-state index contributed by atoms with van der Waals surface area (Å²) < 4.78 is 60.2. The van der Waals surface area contributed by atoms with E-state index in [0.29, 0.717) is 9.13 Å². The number of aliphatic hydroxyl groups excluding tert-OH is 6. The van der Waals surface area contributed by atoms with Crippen molar-refractivity contribution in [2.45, 2.75) is 86.1 Å². The van der Waals surface area contributed by atoms with E-state index in [2.05, 4.69) is 19.3 Å². The lowest BCUT2D eigenvalue weighted by Gasteiger charge is -2.30. The van der Waals surface area contributed by atoms with Crippen LogP contribution in [-0.4, -0.2) is 147 Å². The number of nitrogen functional groups attached to an aromatic ring is 1. The average Bonchev–Trinajstić information content (AvgIpc) is 3.87. The molecule has 0 amide bonds. The van der Waals surface area contributed by atoms with Gasteiger partial charge < -0.3 is 60.4 Å². The first-order valence-electron chi connectivity index (χ1n) is 17.1. The number of H-pyrrole nitrogens is 2. The maximum absolute atomic E-state index is 13.4. The molecule has 3 fully saturated rings. The zero-order valence-corrected chi connectivity index (χ0v) is 31.3. The number of hydrogen-bond acceptors (Lipinski definition) is 22. The molecule has 3 aliphatic heterocycles. The monoisotopic (exact) mass is 879 g/mol. The van der Waals surface area contributed by atoms with E-state index in [1.54, 1.807) is 0 Å². The van der Waals surface area contributed by atoms with E-state index in [1.165, 1.54) is 10.9 Å². The van der Waals surface area contributed by atoms with Gasteiger partial charge in [0.25, 0.3) is 11.1 Å². The summed E-state index contributed by atoms with van der Waals surface area (Å²) in [6.45, 7) is -1.06. The topological polar surface area (TPSA) is 431 Å². The molecule has 31 heteroatoms. The Labute approximate surface area is 325 Å². The fraction of sp³-hybridized carbons (Fsp3) is 0.536. The van der Waals surface area contributed by atoms with E-state index in [0.717, 1.165) is 30.9 Å². The number of ether oxygens (including phenoxy) is 3. The minimum Gasteiger partial charge on any atom is -0.388 e. The standard InChI is InChI=1S/C28H35N9O20P2/c29-22-14-23(31-7-30-22)37(8-32-14)26-19(44)16(41)11(54-26)6-52-58(48,49)57-59(50,51)56-10(21-17(42)20(45)25(55-21)36-4-2-13(39)34-28(36)47)5-9-15(40)18(43)24(53-9)35-3-1-12(38)33-27(35)46/h1-4,7-11,15-21,24-26,40-45H,5-6H2,(H,48,49)(H,50,51)(H2,29,30,31)(H,33,38,46)(H,34,39,47)/t9-,10?,11-,15-,16-,17+,18-,19-,20-,21-,24-,25-,26-/m1/s1. The van der Waals surface area contributed by atoms with Crippen LogP contribution in [0.2, 0.25) is 0 Å². The molecule has 3 saturated heterocycles. The quantitative estimate of drug-likeness (QED) is 0.0558. The number of rotatable bonds is 13. The highest BCUT2D eigenvalue weighted by Gasteiger charge is 2.54. The third-order valence-corrected chi connectivity index (χ3v) is 12.2. The van der Waals surface area contributed by atoms with Crippen molar-refractivity contribution in [3.05, 3.63) is 78.9 Å². The van der Waals surface area contributed by atoms with Crippen molar-refractivity contribution < 1.29 is 77.1 Å². The van der Waals surface area contributed by atoms with Crippen molar-refractivity contribution >= 4 is 32.6 Å². The number of hydrogen-bond donors (Lipinski definition) is 11. The number of imidazole rings is 1. The van der Waals surface area contributed by atoms with E-state index >= 15 is 0 Å². The van der Waals surface area contributed by atoms with Gasteiger partial charge in [0.15, 0.2) is 30.1 Å². The maximum Gasteiger partial charge on any atom is 0.481 e. The van der Waals surface area contributed by atoms with Gasteiger partial charge in [-0.05, 0) is 0 Å². The Balaban J connectivity index is 1.09.